The van der Waals surface area contributed by atoms with Gasteiger partial charge in [-0.1, -0.05) is 18.2 Å². The van der Waals surface area contributed by atoms with Crippen LogP contribution in [0, 0.1) is 13.8 Å². The van der Waals surface area contributed by atoms with Crippen LogP contribution in [0.5, 0.6) is 0 Å². The van der Waals surface area contributed by atoms with Crippen molar-refractivity contribution in [3.8, 4) is 0 Å². The zero-order valence-corrected chi connectivity index (χ0v) is 7.72. The summed E-state index contributed by atoms with van der Waals surface area (Å²) in [4.78, 5) is 0.0185. The molecule has 0 bridgehead atoms. The molecular weight excluding hydrogens is 176 g/mol. The van der Waals surface area contributed by atoms with E-state index in [2.05, 4.69) is 0 Å². The Morgan fingerprint density at radius 3 is 1.83 bits per heavy atom. The Balaban J connectivity index is 3.53. The zero-order chi connectivity index (χ0) is 9.35. The van der Waals surface area contributed by atoms with Gasteiger partial charge in [0.2, 0.25) is 0 Å². The predicted octanol–water partition coefficient (Wildman–Crippen LogP) is 1.55. The molecule has 1 N–H and O–H groups in total. The molecule has 4 heteroatoms. The first-order valence-electron chi connectivity index (χ1n) is 3.46. The molecule has 66 valence electrons. The minimum absolute atomic E-state index is 0.0185. The van der Waals surface area contributed by atoms with Crippen molar-refractivity contribution < 1.29 is 13.0 Å². The van der Waals surface area contributed by atoms with Crippen LogP contribution in [0.4, 0.5) is 0 Å². The highest BCUT2D eigenvalue weighted by molar-refractivity contribution is 7.86. The lowest BCUT2D eigenvalue weighted by Crippen LogP contribution is -2.03. The first-order chi connectivity index (χ1) is 5.43. The van der Waals surface area contributed by atoms with Gasteiger partial charge in [0.05, 0.1) is 4.90 Å². The van der Waals surface area contributed by atoms with E-state index >= 15 is 0 Å². The van der Waals surface area contributed by atoms with Crippen molar-refractivity contribution in [2.75, 3.05) is 0 Å². The fourth-order valence-electron chi connectivity index (χ4n) is 1.21. The van der Waals surface area contributed by atoms with Crippen molar-refractivity contribution in [2.45, 2.75) is 18.7 Å². The van der Waals surface area contributed by atoms with Gasteiger partial charge in [0.25, 0.3) is 10.1 Å². The average Bonchev–Trinajstić information content (AvgIpc) is 1.82. The largest absolute Gasteiger partial charge is 0.295 e. The summed E-state index contributed by atoms with van der Waals surface area (Å²) in [6.07, 6.45) is 0. The molecule has 12 heavy (non-hydrogen) atoms. The van der Waals surface area contributed by atoms with Crippen LogP contribution >= 0.6 is 0 Å². The second kappa shape index (κ2) is 2.88. The molecule has 0 saturated heterocycles. The van der Waals surface area contributed by atoms with Crippen molar-refractivity contribution in [3.63, 3.8) is 0 Å². The SMILES string of the molecule is Cc1cccc(C)c1S(=O)(=O)O. The molecule has 0 radical (unpaired) electrons. The first-order valence-corrected chi connectivity index (χ1v) is 4.90. The molecular formula is C8H10O3S. The molecule has 0 fully saturated rings. The van der Waals surface area contributed by atoms with E-state index in [-0.39, 0.29) is 4.90 Å². The van der Waals surface area contributed by atoms with Crippen molar-refractivity contribution in [1.29, 1.82) is 0 Å². The van der Waals surface area contributed by atoms with Crippen molar-refractivity contribution in [1.82, 2.24) is 0 Å². The molecule has 1 aromatic carbocycles. The van der Waals surface area contributed by atoms with Crippen molar-refractivity contribution in [3.05, 3.63) is 29.3 Å². The van der Waals surface area contributed by atoms with Gasteiger partial charge in [-0.3, -0.25) is 4.55 Å². The molecule has 0 unspecified atom stereocenters. The molecule has 0 saturated carbocycles. The van der Waals surface area contributed by atoms with E-state index in [1.54, 1.807) is 32.0 Å². The number of hydrogen-bond donors (Lipinski definition) is 1. The molecule has 3 nitrogen and oxygen atoms in total. The quantitative estimate of drug-likeness (QED) is 0.677. The maximum Gasteiger partial charge on any atom is 0.295 e. The summed E-state index contributed by atoms with van der Waals surface area (Å²) < 4.78 is 30.5. The van der Waals surface area contributed by atoms with Crippen LogP contribution in [0.1, 0.15) is 11.1 Å². The van der Waals surface area contributed by atoms with Crippen molar-refractivity contribution in [2.24, 2.45) is 0 Å². The van der Waals surface area contributed by atoms with Gasteiger partial charge in [-0.25, -0.2) is 0 Å². The number of hydrogen-bond acceptors (Lipinski definition) is 2. The topological polar surface area (TPSA) is 54.4 Å². The van der Waals surface area contributed by atoms with Crippen LogP contribution in [0.3, 0.4) is 0 Å². The molecule has 0 heterocycles. The summed E-state index contributed by atoms with van der Waals surface area (Å²) in [5.74, 6) is 0. The Bertz CT molecular complexity index is 373. The van der Waals surface area contributed by atoms with Gasteiger partial charge in [-0.15, -0.1) is 0 Å². The third-order valence-electron chi connectivity index (χ3n) is 1.67. The Kier molecular flexibility index (Phi) is 2.21. The molecule has 1 rings (SSSR count). The van der Waals surface area contributed by atoms with Crippen LogP contribution in [-0.2, 0) is 10.1 Å². The van der Waals surface area contributed by atoms with E-state index in [1.165, 1.54) is 0 Å². The molecule has 0 atom stereocenters. The van der Waals surface area contributed by atoms with E-state index in [0.29, 0.717) is 11.1 Å². The molecule has 1 aromatic rings. The highest BCUT2D eigenvalue weighted by atomic mass is 32.2. The normalized spacial score (nSPS) is 11.6. The fraction of sp³-hybridized carbons (Fsp3) is 0.250. The number of benzene rings is 1. The van der Waals surface area contributed by atoms with Crippen LogP contribution in [0.25, 0.3) is 0 Å². The van der Waals surface area contributed by atoms with Crippen LogP contribution in [0.2, 0.25) is 0 Å². The predicted molar refractivity (Wildman–Crippen MR) is 45.7 cm³/mol. The van der Waals surface area contributed by atoms with Gasteiger partial charge in [-0.05, 0) is 25.0 Å². The van der Waals surface area contributed by atoms with E-state index in [0.717, 1.165) is 0 Å². The van der Waals surface area contributed by atoms with Gasteiger partial charge in [0.1, 0.15) is 0 Å². The third-order valence-corrected chi connectivity index (χ3v) is 2.83. The molecule has 0 spiro atoms. The van der Waals surface area contributed by atoms with E-state index < -0.39 is 10.1 Å². The fourth-order valence-corrected chi connectivity index (χ4v) is 2.16. The average molecular weight is 186 g/mol. The summed E-state index contributed by atoms with van der Waals surface area (Å²) in [6, 6.07) is 5.05. The summed E-state index contributed by atoms with van der Waals surface area (Å²) in [7, 11) is -4.06. The highest BCUT2D eigenvalue weighted by Crippen LogP contribution is 2.18. The summed E-state index contributed by atoms with van der Waals surface area (Å²) in [6.45, 7) is 3.30. The smallest absolute Gasteiger partial charge is 0.282 e. The molecule has 0 amide bonds. The molecule has 0 aliphatic rings. The lowest BCUT2D eigenvalue weighted by Gasteiger charge is -2.04. The van der Waals surface area contributed by atoms with Crippen LogP contribution < -0.4 is 0 Å². The van der Waals surface area contributed by atoms with E-state index in [4.69, 9.17) is 4.55 Å². The van der Waals surface area contributed by atoms with Gasteiger partial charge in [0.15, 0.2) is 0 Å². The van der Waals surface area contributed by atoms with Crippen LogP contribution in [0.15, 0.2) is 23.1 Å². The number of rotatable bonds is 1. The van der Waals surface area contributed by atoms with E-state index in [1.807, 2.05) is 0 Å². The van der Waals surface area contributed by atoms with Gasteiger partial charge >= 0.3 is 0 Å². The Hall–Kier alpha value is -0.870. The zero-order valence-electron chi connectivity index (χ0n) is 6.90. The maximum absolute atomic E-state index is 10.8. The maximum atomic E-state index is 10.8. The lowest BCUT2D eigenvalue weighted by molar-refractivity contribution is 0.482. The minimum atomic E-state index is -4.06. The third kappa shape index (κ3) is 1.65. The Morgan fingerprint density at radius 2 is 1.58 bits per heavy atom. The van der Waals surface area contributed by atoms with E-state index in [9.17, 15) is 8.42 Å². The standard InChI is InChI=1S/C8H10O3S/c1-6-4-3-5-7(2)8(6)12(9,10)11/h3-5H,1-2H3,(H,9,10,11). The van der Waals surface area contributed by atoms with Gasteiger partial charge < -0.3 is 0 Å². The Labute approximate surface area is 71.8 Å². The first kappa shape index (κ1) is 9.22. The second-order valence-electron chi connectivity index (χ2n) is 2.70. The second-order valence-corrected chi connectivity index (χ2v) is 4.05. The molecule has 0 aliphatic carbocycles. The monoisotopic (exact) mass is 186 g/mol. The summed E-state index contributed by atoms with van der Waals surface area (Å²) in [5, 5.41) is 0. The lowest BCUT2D eigenvalue weighted by atomic mass is 10.2. The summed E-state index contributed by atoms with van der Waals surface area (Å²) >= 11 is 0. The minimum Gasteiger partial charge on any atom is -0.282 e. The number of aryl methyl sites for hydroxylation is 2. The van der Waals surface area contributed by atoms with Crippen LogP contribution in [-0.4, -0.2) is 13.0 Å². The molecule has 0 aliphatic heterocycles. The summed E-state index contributed by atoms with van der Waals surface area (Å²) in [5.41, 5.74) is 1.13. The highest BCUT2D eigenvalue weighted by Gasteiger charge is 2.14. The van der Waals surface area contributed by atoms with Crippen molar-refractivity contribution >= 4 is 10.1 Å². The Morgan fingerprint density at radius 1 is 1.17 bits per heavy atom. The van der Waals surface area contributed by atoms with Gasteiger partial charge in [0, 0.05) is 0 Å². The molecule has 0 aromatic heterocycles. The van der Waals surface area contributed by atoms with Gasteiger partial charge in [-0.2, -0.15) is 8.42 Å².